The molecule has 2 aromatic carbocycles. The number of pyridine rings is 1. The number of aromatic nitrogens is 1. The lowest BCUT2D eigenvalue weighted by Gasteiger charge is -2.07. The van der Waals surface area contributed by atoms with E-state index < -0.39 is 28.1 Å². The van der Waals surface area contributed by atoms with Gasteiger partial charge < -0.3 is 5.11 Å². The highest BCUT2D eigenvalue weighted by molar-refractivity contribution is 5.99. The zero-order valence-corrected chi connectivity index (χ0v) is 14.0. The predicted octanol–water partition coefficient (Wildman–Crippen LogP) is 2.43. The Balaban J connectivity index is 1.81. The standard InChI is InChI=1S/C18H13FN4O4/c1-10-14(8-12-7-13(19)3-4-15(12)21-10)18(25)22-20-9-11-2-5-17(24)16(6-11)23(26)27/h2-9,24H,1H3,(H,22,25)/p-1/b20-9-. The average Bonchev–Trinajstić information content (AvgIpc) is 2.62. The number of hydrogen-bond donors (Lipinski definition) is 1. The van der Waals surface area contributed by atoms with Crippen molar-refractivity contribution in [1.82, 2.24) is 10.4 Å². The minimum atomic E-state index is -0.790. The van der Waals surface area contributed by atoms with Crippen molar-refractivity contribution >= 4 is 28.7 Å². The van der Waals surface area contributed by atoms with Gasteiger partial charge in [0.15, 0.2) is 0 Å². The summed E-state index contributed by atoms with van der Waals surface area (Å²) in [7, 11) is 0. The number of nitrogens with one attached hydrogen (secondary N) is 1. The van der Waals surface area contributed by atoms with E-state index >= 15 is 0 Å². The first-order chi connectivity index (χ1) is 12.8. The molecule has 0 bridgehead atoms. The van der Waals surface area contributed by atoms with Crippen molar-refractivity contribution in [1.29, 1.82) is 0 Å². The van der Waals surface area contributed by atoms with Crippen molar-refractivity contribution < 1.29 is 19.2 Å². The second-order valence-electron chi connectivity index (χ2n) is 5.64. The number of nitrogens with zero attached hydrogens (tertiary/aromatic N) is 3. The van der Waals surface area contributed by atoms with Gasteiger partial charge in [0, 0.05) is 17.0 Å². The SMILES string of the molecule is Cc1nc2ccc(F)cc2cc1C(=O)N/N=C\c1ccc([O-])c([N+](=O)[O-])c1. The Labute approximate surface area is 152 Å². The number of nitro benzene ring substituents is 1. The summed E-state index contributed by atoms with van der Waals surface area (Å²) < 4.78 is 13.4. The first-order valence-corrected chi connectivity index (χ1v) is 7.71. The molecule has 3 aromatic rings. The number of carbonyl (C=O) groups excluding carboxylic acids is 1. The number of rotatable bonds is 4. The van der Waals surface area contributed by atoms with Gasteiger partial charge in [0.25, 0.3) is 11.6 Å². The van der Waals surface area contributed by atoms with Crippen LogP contribution in [0.2, 0.25) is 0 Å². The minimum absolute atomic E-state index is 0.214. The van der Waals surface area contributed by atoms with Crippen molar-refractivity contribution in [2.75, 3.05) is 0 Å². The van der Waals surface area contributed by atoms with Crippen molar-refractivity contribution in [3.05, 3.63) is 75.2 Å². The highest BCUT2D eigenvalue weighted by atomic mass is 19.1. The Bertz CT molecular complexity index is 1100. The molecule has 0 fully saturated rings. The molecule has 1 amide bonds. The van der Waals surface area contributed by atoms with Crippen LogP contribution in [0.4, 0.5) is 10.1 Å². The molecule has 0 radical (unpaired) electrons. The normalized spacial score (nSPS) is 11.0. The van der Waals surface area contributed by atoms with Gasteiger partial charge in [-0.2, -0.15) is 5.10 Å². The maximum atomic E-state index is 13.4. The fourth-order valence-corrected chi connectivity index (χ4v) is 2.46. The van der Waals surface area contributed by atoms with Gasteiger partial charge in [-0.05, 0) is 36.9 Å². The Morgan fingerprint density at radius 3 is 2.78 bits per heavy atom. The van der Waals surface area contributed by atoms with Gasteiger partial charge in [-0.3, -0.25) is 19.9 Å². The van der Waals surface area contributed by atoms with Crippen molar-refractivity contribution in [3.8, 4) is 5.75 Å². The van der Waals surface area contributed by atoms with Gasteiger partial charge in [0.05, 0.1) is 27.9 Å². The molecule has 3 rings (SSSR count). The molecular weight excluding hydrogens is 355 g/mol. The molecule has 0 atom stereocenters. The first kappa shape index (κ1) is 17.9. The van der Waals surface area contributed by atoms with Crippen LogP contribution < -0.4 is 10.5 Å². The molecule has 0 saturated heterocycles. The third-order valence-corrected chi connectivity index (χ3v) is 3.77. The Kier molecular flexibility index (Phi) is 4.75. The summed E-state index contributed by atoms with van der Waals surface area (Å²) in [6, 6.07) is 9.02. The molecule has 1 aromatic heterocycles. The number of hydrazone groups is 1. The molecule has 0 aliphatic rings. The van der Waals surface area contributed by atoms with Crippen LogP contribution in [-0.4, -0.2) is 22.0 Å². The van der Waals surface area contributed by atoms with E-state index in [9.17, 15) is 24.4 Å². The van der Waals surface area contributed by atoms with E-state index in [-0.39, 0.29) is 11.1 Å². The summed E-state index contributed by atoms with van der Waals surface area (Å²) in [6.07, 6.45) is 1.17. The smallest absolute Gasteiger partial charge is 0.273 e. The van der Waals surface area contributed by atoms with Crippen LogP contribution >= 0.6 is 0 Å². The number of aryl methyl sites for hydroxylation is 1. The fourth-order valence-electron chi connectivity index (χ4n) is 2.46. The lowest BCUT2D eigenvalue weighted by atomic mass is 10.1. The zero-order chi connectivity index (χ0) is 19.6. The van der Waals surface area contributed by atoms with Gasteiger partial charge >= 0.3 is 0 Å². The second-order valence-corrected chi connectivity index (χ2v) is 5.64. The number of amides is 1. The quantitative estimate of drug-likeness (QED) is 0.431. The second kappa shape index (κ2) is 7.16. The molecular formula is C18H12FN4O4-. The summed E-state index contributed by atoms with van der Waals surface area (Å²) in [6.45, 7) is 1.64. The molecule has 0 spiro atoms. The molecule has 27 heavy (non-hydrogen) atoms. The highest BCUT2D eigenvalue weighted by Crippen LogP contribution is 2.23. The molecule has 0 aliphatic heterocycles. The summed E-state index contributed by atoms with van der Waals surface area (Å²) in [4.78, 5) is 26.5. The number of hydrogen-bond acceptors (Lipinski definition) is 6. The number of nitro groups is 1. The molecule has 0 saturated carbocycles. The Morgan fingerprint density at radius 1 is 1.26 bits per heavy atom. The van der Waals surface area contributed by atoms with Gasteiger partial charge in [0.1, 0.15) is 5.82 Å². The summed E-state index contributed by atoms with van der Waals surface area (Å²) in [5.74, 6) is -1.73. The van der Waals surface area contributed by atoms with Crippen LogP contribution in [-0.2, 0) is 0 Å². The van der Waals surface area contributed by atoms with Crippen LogP contribution in [0.5, 0.6) is 5.75 Å². The largest absolute Gasteiger partial charge is 0.868 e. The third kappa shape index (κ3) is 3.87. The van der Waals surface area contributed by atoms with E-state index in [4.69, 9.17) is 0 Å². The predicted molar refractivity (Wildman–Crippen MR) is 94.0 cm³/mol. The molecule has 0 aliphatic carbocycles. The molecule has 136 valence electrons. The molecule has 1 N–H and O–H groups in total. The number of halogens is 1. The topological polar surface area (TPSA) is 121 Å². The van der Waals surface area contributed by atoms with Crippen LogP contribution in [0.15, 0.2) is 47.6 Å². The zero-order valence-electron chi connectivity index (χ0n) is 14.0. The minimum Gasteiger partial charge on any atom is -0.868 e. The van der Waals surface area contributed by atoms with Gasteiger partial charge in [0.2, 0.25) is 0 Å². The monoisotopic (exact) mass is 367 g/mol. The van der Waals surface area contributed by atoms with E-state index in [0.29, 0.717) is 16.6 Å². The number of benzene rings is 2. The van der Waals surface area contributed by atoms with Crippen molar-refractivity contribution in [3.63, 3.8) is 0 Å². The van der Waals surface area contributed by atoms with Crippen LogP contribution in [0, 0.1) is 22.9 Å². The van der Waals surface area contributed by atoms with E-state index in [1.54, 1.807) is 6.92 Å². The number of carbonyl (C=O) groups is 1. The van der Waals surface area contributed by atoms with E-state index in [1.807, 2.05) is 0 Å². The maximum absolute atomic E-state index is 13.4. The van der Waals surface area contributed by atoms with Crippen molar-refractivity contribution in [2.24, 2.45) is 5.10 Å². The third-order valence-electron chi connectivity index (χ3n) is 3.77. The van der Waals surface area contributed by atoms with Crippen molar-refractivity contribution in [2.45, 2.75) is 6.92 Å². The molecule has 1 heterocycles. The summed E-state index contributed by atoms with van der Waals surface area (Å²) in [5, 5.41) is 26.3. The van der Waals surface area contributed by atoms with Gasteiger partial charge in [-0.1, -0.05) is 12.1 Å². The highest BCUT2D eigenvalue weighted by Gasteiger charge is 2.12. The van der Waals surface area contributed by atoms with Crippen LogP contribution in [0.1, 0.15) is 21.6 Å². The average molecular weight is 367 g/mol. The maximum Gasteiger partial charge on any atom is 0.273 e. The number of fused-ring (bicyclic) bond motifs is 1. The fraction of sp³-hybridized carbons (Fsp3) is 0.0556. The lowest BCUT2D eigenvalue weighted by molar-refractivity contribution is -0.398. The molecule has 8 nitrogen and oxygen atoms in total. The summed E-state index contributed by atoms with van der Waals surface area (Å²) in [5.41, 5.74) is 3.18. The van der Waals surface area contributed by atoms with Gasteiger partial charge in [-0.25, -0.2) is 9.82 Å². The van der Waals surface area contributed by atoms with Crippen LogP contribution in [0.25, 0.3) is 10.9 Å². The summed E-state index contributed by atoms with van der Waals surface area (Å²) >= 11 is 0. The van der Waals surface area contributed by atoms with E-state index in [2.05, 4.69) is 15.5 Å². The Morgan fingerprint density at radius 2 is 2.04 bits per heavy atom. The molecule has 0 unspecified atom stereocenters. The van der Waals surface area contributed by atoms with Gasteiger partial charge in [-0.15, -0.1) is 0 Å². The van der Waals surface area contributed by atoms with E-state index in [0.717, 1.165) is 12.1 Å². The first-order valence-electron chi connectivity index (χ1n) is 7.71. The van der Waals surface area contributed by atoms with E-state index in [1.165, 1.54) is 36.5 Å². The van der Waals surface area contributed by atoms with Crippen LogP contribution in [0.3, 0.4) is 0 Å². The molecule has 9 heteroatoms. The Hall–Kier alpha value is -3.88. The lowest BCUT2D eigenvalue weighted by Crippen LogP contribution is -2.19.